The molecule has 0 saturated carbocycles. The molecule has 0 atom stereocenters. The van der Waals surface area contributed by atoms with E-state index in [0.717, 1.165) is 21.8 Å². The van der Waals surface area contributed by atoms with E-state index in [1.807, 2.05) is 6.07 Å². The molecule has 0 spiro atoms. The van der Waals surface area contributed by atoms with Crippen LogP contribution in [-0.2, 0) is 0 Å². The van der Waals surface area contributed by atoms with Crippen molar-refractivity contribution in [2.45, 2.75) is 18.7 Å². The monoisotopic (exact) mass is 361 g/mol. The highest BCUT2D eigenvalue weighted by Crippen LogP contribution is 2.42. The summed E-state index contributed by atoms with van der Waals surface area (Å²) in [4.78, 5) is 1.12. The zero-order valence-electron chi connectivity index (χ0n) is 10.9. The molecule has 2 rings (SSSR count). The number of nitrogens with one attached hydrogen (secondary N) is 1. The summed E-state index contributed by atoms with van der Waals surface area (Å²) in [5, 5.41) is 4.67. The Kier molecular flexibility index (Phi) is 5.87. The van der Waals surface area contributed by atoms with Crippen LogP contribution in [0.25, 0.3) is 0 Å². The van der Waals surface area contributed by atoms with Gasteiger partial charge in [-0.15, -0.1) is 0 Å². The smallest absolute Gasteiger partial charge is 0.0642 e. The van der Waals surface area contributed by atoms with Crippen LogP contribution in [-0.4, -0.2) is 0 Å². The van der Waals surface area contributed by atoms with Gasteiger partial charge in [-0.25, -0.2) is 0 Å². The fourth-order valence-corrected chi connectivity index (χ4v) is 4.23. The maximum atomic E-state index is 6.21. The third-order valence-electron chi connectivity index (χ3n) is 2.76. The summed E-state index contributed by atoms with van der Waals surface area (Å²) >= 11 is 16.5. The fourth-order valence-electron chi connectivity index (χ4n) is 1.92. The fraction of sp³-hybridized carbons (Fsp3) is 0.143. The van der Waals surface area contributed by atoms with Crippen LogP contribution in [0.15, 0.2) is 35.2 Å². The van der Waals surface area contributed by atoms with Gasteiger partial charge in [0.2, 0.25) is 0 Å². The molecule has 0 aliphatic heterocycles. The number of rotatable bonds is 4. The molecule has 2 aromatic rings. The average Bonchev–Trinajstić information content (AvgIpc) is 2.38. The summed E-state index contributed by atoms with van der Waals surface area (Å²) < 4.78 is 0. The van der Waals surface area contributed by atoms with Crippen LogP contribution in [0.3, 0.4) is 0 Å². The highest BCUT2D eigenvalue weighted by Gasteiger charge is 2.10. The molecule has 0 fully saturated rings. The van der Waals surface area contributed by atoms with Gasteiger partial charge < -0.3 is 5.32 Å². The van der Waals surface area contributed by atoms with Crippen LogP contribution < -0.4 is 5.32 Å². The van der Waals surface area contributed by atoms with Crippen molar-refractivity contribution in [1.29, 1.82) is 0 Å². The third kappa shape index (κ3) is 3.95. The van der Waals surface area contributed by atoms with Gasteiger partial charge in [-0.3, -0.25) is 0 Å². The Morgan fingerprint density at radius 1 is 1.10 bits per heavy atom. The Morgan fingerprint density at radius 3 is 2.55 bits per heavy atom. The maximum absolute atomic E-state index is 6.21. The van der Waals surface area contributed by atoms with Crippen molar-refractivity contribution < 1.29 is 0 Å². The zero-order chi connectivity index (χ0) is 14.7. The molecule has 106 valence electrons. The van der Waals surface area contributed by atoms with Crippen molar-refractivity contribution in [3.05, 3.63) is 51.5 Å². The topological polar surface area (TPSA) is 12.0 Å². The SMILES string of the molecule is Cc1cc(C)c(Nc2cc(Cl)ccc2Cl)c(SSS)c1. The van der Waals surface area contributed by atoms with Gasteiger partial charge in [0, 0.05) is 9.92 Å². The normalized spacial score (nSPS) is 10.7. The summed E-state index contributed by atoms with van der Waals surface area (Å²) in [7, 11) is 3.02. The number of hydrogen-bond donors (Lipinski definition) is 2. The number of hydrogen-bond acceptors (Lipinski definition) is 4. The molecule has 20 heavy (non-hydrogen) atoms. The van der Waals surface area contributed by atoms with E-state index in [4.69, 9.17) is 23.2 Å². The lowest BCUT2D eigenvalue weighted by atomic mass is 10.1. The van der Waals surface area contributed by atoms with Crippen LogP contribution in [0, 0.1) is 13.8 Å². The lowest BCUT2D eigenvalue weighted by Gasteiger charge is -2.16. The van der Waals surface area contributed by atoms with Crippen molar-refractivity contribution >= 4 is 66.9 Å². The second kappa shape index (κ2) is 7.23. The summed E-state index contributed by atoms with van der Waals surface area (Å²) in [6.07, 6.45) is 0. The summed E-state index contributed by atoms with van der Waals surface area (Å²) in [6.45, 7) is 4.15. The zero-order valence-corrected chi connectivity index (χ0v) is 14.9. The molecule has 6 heteroatoms. The van der Waals surface area contributed by atoms with E-state index in [2.05, 4.69) is 43.0 Å². The Labute approximate surface area is 142 Å². The Hall–Kier alpha value is -0.130. The predicted octanol–water partition coefficient (Wildman–Crippen LogP) is 6.94. The lowest BCUT2D eigenvalue weighted by Crippen LogP contribution is -1.97. The maximum Gasteiger partial charge on any atom is 0.0642 e. The van der Waals surface area contributed by atoms with Crippen LogP contribution >= 0.6 is 55.5 Å². The molecule has 1 N–H and O–H groups in total. The second-order valence-electron chi connectivity index (χ2n) is 4.36. The molecule has 0 bridgehead atoms. The van der Waals surface area contributed by atoms with Crippen LogP contribution in [0.4, 0.5) is 11.4 Å². The van der Waals surface area contributed by atoms with Crippen molar-refractivity contribution in [2.24, 2.45) is 0 Å². The minimum Gasteiger partial charge on any atom is -0.353 e. The first-order valence-electron chi connectivity index (χ1n) is 5.82. The molecule has 0 aliphatic rings. The van der Waals surface area contributed by atoms with E-state index in [1.165, 1.54) is 15.4 Å². The van der Waals surface area contributed by atoms with Crippen LogP contribution in [0.5, 0.6) is 0 Å². The molecule has 0 radical (unpaired) electrons. The molecule has 0 unspecified atom stereocenters. The van der Waals surface area contributed by atoms with Gasteiger partial charge in [0.1, 0.15) is 0 Å². The number of halogens is 2. The largest absolute Gasteiger partial charge is 0.353 e. The Balaban J connectivity index is 2.44. The molecule has 1 nitrogen and oxygen atoms in total. The molecule has 0 heterocycles. The van der Waals surface area contributed by atoms with Gasteiger partial charge in [0.25, 0.3) is 0 Å². The minimum atomic E-state index is 0.642. The third-order valence-corrected chi connectivity index (χ3v) is 5.33. The Morgan fingerprint density at radius 2 is 1.85 bits per heavy atom. The number of thiol groups is 1. The first kappa shape index (κ1) is 16.2. The van der Waals surface area contributed by atoms with Crippen molar-refractivity contribution in [3.63, 3.8) is 0 Å². The lowest BCUT2D eigenvalue weighted by molar-refractivity contribution is 1.29. The Bertz CT molecular complexity index is 632. The van der Waals surface area contributed by atoms with Crippen LogP contribution in [0.2, 0.25) is 10.0 Å². The predicted molar refractivity (Wildman–Crippen MR) is 98.1 cm³/mol. The number of aryl methyl sites for hydroxylation is 2. The molecule has 0 amide bonds. The molecular weight excluding hydrogens is 349 g/mol. The van der Waals surface area contributed by atoms with E-state index in [-0.39, 0.29) is 0 Å². The van der Waals surface area contributed by atoms with Gasteiger partial charge in [-0.2, -0.15) is 0 Å². The molecule has 0 aliphatic carbocycles. The quantitative estimate of drug-likeness (QED) is 0.452. The van der Waals surface area contributed by atoms with Gasteiger partial charge in [-0.05, 0) is 69.9 Å². The van der Waals surface area contributed by atoms with Crippen molar-refractivity contribution in [1.82, 2.24) is 0 Å². The summed E-state index contributed by atoms with van der Waals surface area (Å²) in [5.41, 5.74) is 4.21. The van der Waals surface area contributed by atoms with E-state index in [9.17, 15) is 0 Å². The first-order valence-corrected chi connectivity index (χ1v) is 9.78. The summed E-state index contributed by atoms with van der Waals surface area (Å²) in [6, 6.07) is 9.65. The second-order valence-corrected chi connectivity index (χ2v) is 8.25. The molecular formula is C14H13Cl2NS3. The number of anilines is 2. The highest BCUT2D eigenvalue weighted by molar-refractivity contribution is 9.05. The minimum absolute atomic E-state index is 0.642. The van der Waals surface area contributed by atoms with E-state index < -0.39 is 0 Å². The molecule has 2 aromatic carbocycles. The molecule has 0 saturated heterocycles. The van der Waals surface area contributed by atoms with Crippen molar-refractivity contribution in [2.75, 3.05) is 5.32 Å². The van der Waals surface area contributed by atoms with Gasteiger partial charge in [0.05, 0.1) is 16.4 Å². The van der Waals surface area contributed by atoms with Gasteiger partial charge in [-0.1, -0.05) is 40.9 Å². The van der Waals surface area contributed by atoms with E-state index >= 15 is 0 Å². The average molecular weight is 362 g/mol. The van der Waals surface area contributed by atoms with Gasteiger partial charge >= 0.3 is 0 Å². The molecule has 0 aromatic heterocycles. The van der Waals surface area contributed by atoms with Crippen molar-refractivity contribution in [3.8, 4) is 0 Å². The van der Waals surface area contributed by atoms with E-state index in [0.29, 0.717) is 10.0 Å². The van der Waals surface area contributed by atoms with Gasteiger partial charge in [0.15, 0.2) is 0 Å². The standard InChI is InChI=1S/C14H13Cl2NS3/c1-8-5-9(2)14(13(6-8)19-20-18)17-12-7-10(15)3-4-11(12)16/h3-7,17-18H,1-2H3. The summed E-state index contributed by atoms with van der Waals surface area (Å²) in [5.74, 6) is 0. The number of benzene rings is 2. The highest BCUT2D eigenvalue weighted by atomic mass is 35.5. The first-order chi connectivity index (χ1) is 9.51. The van der Waals surface area contributed by atoms with Crippen LogP contribution in [0.1, 0.15) is 11.1 Å². The van der Waals surface area contributed by atoms with E-state index in [1.54, 1.807) is 22.9 Å².